The molecule has 2 aromatic carbocycles. The van der Waals surface area contributed by atoms with Gasteiger partial charge in [-0.25, -0.2) is 13.1 Å². The van der Waals surface area contributed by atoms with E-state index in [0.717, 1.165) is 12.1 Å². The molecule has 10 heteroatoms. The average Bonchev–Trinajstić information content (AvgIpc) is 2.71. The summed E-state index contributed by atoms with van der Waals surface area (Å²) < 4.78 is 71.1. The molecule has 1 amide bonds. The van der Waals surface area contributed by atoms with Crippen molar-refractivity contribution in [2.45, 2.75) is 37.4 Å². The highest BCUT2D eigenvalue weighted by molar-refractivity contribution is 7.89. The van der Waals surface area contributed by atoms with Crippen LogP contribution in [0.25, 0.3) is 0 Å². The van der Waals surface area contributed by atoms with E-state index in [1.54, 1.807) is 0 Å². The molecule has 0 saturated heterocycles. The van der Waals surface area contributed by atoms with Crippen molar-refractivity contribution in [1.29, 1.82) is 0 Å². The Bertz CT molecular complexity index is 1040. The quantitative estimate of drug-likeness (QED) is 0.623. The molecule has 2 aromatic rings. The predicted octanol–water partition coefficient (Wildman–Crippen LogP) is 4.14. The first-order valence-corrected chi connectivity index (χ1v) is 11.0. The average molecular weight is 459 g/mol. The van der Waals surface area contributed by atoms with Gasteiger partial charge >= 0.3 is 6.18 Å². The number of carbonyl (C=O) groups is 1. The molecule has 0 saturated carbocycles. The lowest BCUT2D eigenvalue weighted by Gasteiger charge is -2.22. The standard InChI is InChI=1S/C21H25F3N2O4S/c1-13(2)10-17(14-6-5-7-16(11-14)21(22,23)24)26-20(27)15-8-9-18(30-4)19(12-15)31(28,29)25-3/h5-9,11-13,17,25H,10H2,1-4H3,(H,26,27). The van der Waals surface area contributed by atoms with Gasteiger partial charge in [-0.2, -0.15) is 13.2 Å². The van der Waals surface area contributed by atoms with E-state index in [0.29, 0.717) is 12.0 Å². The monoisotopic (exact) mass is 458 g/mol. The topological polar surface area (TPSA) is 84.5 Å². The minimum atomic E-state index is -4.51. The summed E-state index contributed by atoms with van der Waals surface area (Å²) in [5.41, 5.74) is -0.455. The van der Waals surface area contributed by atoms with Crippen molar-refractivity contribution in [3.8, 4) is 5.75 Å². The van der Waals surface area contributed by atoms with Crippen LogP contribution in [-0.4, -0.2) is 28.5 Å². The Labute approximate surface area is 179 Å². The lowest BCUT2D eigenvalue weighted by atomic mass is 9.95. The molecular weight excluding hydrogens is 433 g/mol. The summed E-state index contributed by atoms with van der Waals surface area (Å²) >= 11 is 0. The number of sulfonamides is 1. The molecule has 0 radical (unpaired) electrons. The molecule has 0 fully saturated rings. The molecule has 0 spiro atoms. The Kier molecular flexibility index (Phi) is 7.72. The number of rotatable bonds is 8. The highest BCUT2D eigenvalue weighted by atomic mass is 32.2. The Morgan fingerprint density at radius 3 is 2.35 bits per heavy atom. The number of hydrogen-bond acceptors (Lipinski definition) is 4. The number of hydrogen-bond donors (Lipinski definition) is 2. The van der Waals surface area contributed by atoms with Gasteiger partial charge in [-0.05, 0) is 55.3 Å². The summed E-state index contributed by atoms with van der Waals surface area (Å²) in [5.74, 6) is -0.475. The molecule has 0 aromatic heterocycles. The number of alkyl halides is 3. The largest absolute Gasteiger partial charge is 0.495 e. The first-order chi connectivity index (χ1) is 14.4. The van der Waals surface area contributed by atoms with Gasteiger partial charge in [0, 0.05) is 5.56 Å². The lowest BCUT2D eigenvalue weighted by Crippen LogP contribution is -2.30. The zero-order valence-electron chi connectivity index (χ0n) is 17.6. The summed E-state index contributed by atoms with van der Waals surface area (Å²) in [6.07, 6.45) is -4.11. The Hall–Kier alpha value is -2.59. The summed E-state index contributed by atoms with van der Waals surface area (Å²) in [6.45, 7) is 3.77. The number of benzene rings is 2. The van der Waals surface area contributed by atoms with Gasteiger partial charge in [0.05, 0.1) is 18.7 Å². The van der Waals surface area contributed by atoms with Crippen LogP contribution < -0.4 is 14.8 Å². The SMILES string of the molecule is CNS(=O)(=O)c1cc(C(=O)NC(CC(C)C)c2cccc(C(F)(F)F)c2)ccc1OC. The van der Waals surface area contributed by atoms with Crippen molar-refractivity contribution in [1.82, 2.24) is 10.0 Å². The molecular formula is C21H25F3N2O4S. The minimum Gasteiger partial charge on any atom is -0.495 e. The molecule has 1 unspecified atom stereocenters. The number of halogens is 3. The van der Waals surface area contributed by atoms with Crippen LogP contribution in [0, 0.1) is 5.92 Å². The Morgan fingerprint density at radius 2 is 1.81 bits per heavy atom. The number of amides is 1. The molecule has 0 heterocycles. The van der Waals surface area contributed by atoms with Crippen molar-refractivity contribution in [3.63, 3.8) is 0 Å². The Balaban J connectivity index is 2.41. The van der Waals surface area contributed by atoms with Gasteiger partial charge in [0.25, 0.3) is 5.91 Å². The minimum absolute atomic E-state index is 0.0374. The van der Waals surface area contributed by atoms with Crippen LogP contribution in [0.1, 0.15) is 47.8 Å². The first kappa shape index (κ1) is 24.7. The maximum absolute atomic E-state index is 13.1. The van der Waals surface area contributed by atoms with E-state index in [9.17, 15) is 26.4 Å². The molecule has 31 heavy (non-hydrogen) atoms. The lowest BCUT2D eigenvalue weighted by molar-refractivity contribution is -0.137. The van der Waals surface area contributed by atoms with Crippen molar-refractivity contribution in [2.75, 3.05) is 14.2 Å². The van der Waals surface area contributed by atoms with Gasteiger partial charge in [-0.3, -0.25) is 4.79 Å². The van der Waals surface area contributed by atoms with Gasteiger partial charge in [0.15, 0.2) is 0 Å². The molecule has 0 aliphatic heterocycles. The van der Waals surface area contributed by atoms with E-state index in [2.05, 4.69) is 10.0 Å². The highest BCUT2D eigenvalue weighted by Gasteiger charge is 2.31. The number of carbonyl (C=O) groups excluding carboxylic acids is 1. The molecule has 1 atom stereocenters. The number of ether oxygens (including phenoxy) is 1. The van der Waals surface area contributed by atoms with E-state index in [1.165, 1.54) is 44.5 Å². The van der Waals surface area contributed by atoms with E-state index in [-0.39, 0.29) is 22.1 Å². The van der Waals surface area contributed by atoms with Crippen LogP contribution in [0.15, 0.2) is 47.4 Å². The third-order valence-corrected chi connectivity index (χ3v) is 6.05. The fourth-order valence-corrected chi connectivity index (χ4v) is 3.98. The number of methoxy groups -OCH3 is 1. The van der Waals surface area contributed by atoms with Gasteiger partial charge in [-0.1, -0.05) is 26.0 Å². The third kappa shape index (κ3) is 6.20. The second-order valence-electron chi connectivity index (χ2n) is 7.35. The van der Waals surface area contributed by atoms with Gasteiger partial charge < -0.3 is 10.1 Å². The van der Waals surface area contributed by atoms with E-state index in [4.69, 9.17) is 4.74 Å². The van der Waals surface area contributed by atoms with Crippen molar-refractivity contribution < 1.29 is 31.1 Å². The fourth-order valence-electron chi connectivity index (χ4n) is 3.06. The van der Waals surface area contributed by atoms with E-state index >= 15 is 0 Å². The van der Waals surface area contributed by atoms with Crippen LogP contribution in [-0.2, 0) is 16.2 Å². The van der Waals surface area contributed by atoms with Crippen LogP contribution in [0.3, 0.4) is 0 Å². The van der Waals surface area contributed by atoms with Crippen molar-refractivity contribution in [2.24, 2.45) is 5.92 Å². The molecule has 0 aliphatic carbocycles. The van der Waals surface area contributed by atoms with E-state index in [1.807, 2.05) is 13.8 Å². The van der Waals surface area contributed by atoms with Crippen molar-refractivity contribution >= 4 is 15.9 Å². The summed E-state index contributed by atoms with van der Waals surface area (Å²) in [7, 11) is -1.37. The Morgan fingerprint density at radius 1 is 1.13 bits per heavy atom. The second kappa shape index (κ2) is 9.69. The summed E-state index contributed by atoms with van der Waals surface area (Å²) in [5, 5.41) is 2.73. The smallest absolute Gasteiger partial charge is 0.416 e. The predicted molar refractivity (Wildman–Crippen MR) is 110 cm³/mol. The molecule has 2 rings (SSSR count). The molecule has 0 aliphatic rings. The van der Waals surface area contributed by atoms with Gasteiger partial charge in [-0.15, -0.1) is 0 Å². The first-order valence-electron chi connectivity index (χ1n) is 9.48. The normalized spacial score (nSPS) is 13.2. The van der Waals surface area contributed by atoms with Crippen LogP contribution in [0.4, 0.5) is 13.2 Å². The van der Waals surface area contributed by atoms with Gasteiger partial charge in [0.2, 0.25) is 10.0 Å². The summed E-state index contributed by atoms with van der Waals surface area (Å²) in [6, 6.07) is 8.01. The molecule has 2 N–H and O–H groups in total. The highest BCUT2D eigenvalue weighted by Crippen LogP contribution is 2.32. The molecule has 0 bridgehead atoms. The van der Waals surface area contributed by atoms with Crippen LogP contribution >= 0.6 is 0 Å². The summed E-state index contributed by atoms with van der Waals surface area (Å²) in [4.78, 5) is 12.7. The van der Waals surface area contributed by atoms with Crippen LogP contribution in [0.5, 0.6) is 5.75 Å². The maximum atomic E-state index is 13.1. The molecule has 6 nitrogen and oxygen atoms in total. The zero-order chi connectivity index (χ0) is 23.4. The fraction of sp³-hybridized carbons (Fsp3) is 0.381. The maximum Gasteiger partial charge on any atom is 0.416 e. The zero-order valence-corrected chi connectivity index (χ0v) is 18.4. The van der Waals surface area contributed by atoms with Gasteiger partial charge in [0.1, 0.15) is 10.6 Å². The van der Waals surface area contributed by atoms with Crippen LogP contribution in [0.2, 0.25) is 0 Å². The molecule has 170 valence electrons. The van der Waals surface area contributed by atoms with Crippen molar-refractivity contribution in [3.05, 3.63) is 59.2 Å². The third-order valence-electron chi connectivity index (χ3n) is 4.61. The number of nitrogens with one attached hydrogen (secondary N) is 2. The second-order valence-corrected chi connectivity index (χ2v) is 9.21. The van der Waals surface area contributed by atoms with E-state index < -0.39 is 33.7 Å².